The molecule has 168 valence electrons. The molecule has 2 amide bonds. The molecule has 0 saturated heterocycles. The largest absolute Gasteiger partial charge is 0.573 e. The first kappa shape index (κ1) is 20.8. The van der Waals surface area contributed by atoms with E-state index in [1.165, 1.54) is 24.3 Å². The zero-order valence-electron chi connectivity index (χ0n) is 17.2. The van der Waals surface area contributed by atoms with Gasteiger partial charge in [-0.2, -0.15) is 0 Å². The van der Waals surface area contributed by atoms with Gasteiger partial charge in [-0.3, -0.25) is 9.59 Å². The minimum absolute atomic E-state index is 0.0260. The summed E-state index contributed by atoms with van der Waals surface area (Å²) in [6.45, 7) is 0. The van der Waals surface area contributed by atoms with Gasteiger partial charge in [-0.1, -0.05) is 12.1 Å². The van der Waals surface area contributed by atoms with E-state index in [2.05, 4.69) is 20.4 Å². The number of nitrogens with one attached hydrogen (secondary N) is 2. The zero-order chi connectivity index (χ0) is 22.5. The van der Waals surface area contributed by atoms with Crippen molar-refractivity contribution in [1.82, 2.24) is 4.98 Å². The number of pyridine rings is 1. The van der Waals surface area contributed by atoms with Crippen molar-refractivity contribution < 1.29 is 27.5 Å². The Balaban J connectivity index is 1.41. The number of anilines is 2. The van der Waals surface area contributed by atoms with Crippen molar-refractivity contribution in [3.8, 4) is 16.9 Å². The molecule has 3 aliphatic rings. The van der Waals surface area contributed by atoms with E-state index >= 15 is 0 Å². The van der Waals surface area contributed by atoms with Gasteiger partial charge in [0, 0.05) is 5.92 Å². The monoisotopic (exact) mass is 445 g/mol. The van der Waals surface area contributed by atoms with Gasteiger partial charge >= 0.3 is 6.36 Å². The molecule has 1 aromatic heterocycles. The van der Waals surface area contributed by atoms with Crippen molar-refractivity contribution in [2.24, 2.45) is 17.3 Å². The van der Waals surface area contributed by atoms with Gasteiger partial charge in [0.25, 0.3) is 0 Å². The minimum atomic E-state index is -4.77. The highest BCUT2D eigenvalue weighted by Crippen LogP contribution is 2.61. The first-order valence-corrected chi connectivity index (χ1v) is 10.7. The van der Waals surface area contributed by atoms with E-state index in [-0.39, 0.29) is 28.9 Å². The third kappa shape index (κ3) is 4.56. The number of rotatable bonds is 7. The van der Waals surface area contributed by atoms with Crippen LogP contribution in [0.5, 0.6) is 5.75 Å². The quantitative estimate of drug-likeness (QED) is 0.620. The summed E-state index contributed by atoms with van der Waals surface area (Å²) in [5, 5.41) is 5.69. The molecule has 9 heteroatoms. The lowest BCUT2D eigenvalue weighted by Crippen LogP contribution is -2.26. The molecule has 0 bridgehead atoms. The molecule has 5 rings (SSSR count). The molecule has 0 radical (unpaired) electrons. The first-order chi connectivity index (χ1) is 15.2. The van der Waals surface area contributed by atoms with Gasteiger partial charge in [0.2, 0.25) is 11.8 Å². The number of hydrogen-bond donors (Lipinski definition) is 2. The van der Waals surface area contributed by atoms with Crippen molar-refractivity contribution in [2.75, 3.05) is 10.6 Å². The number of amides is 2. The van der Waals surface area contributed by atoms with Gasteiger partial charge in [0.1, 0.15) is 17.4 Å². The molecular formula is C23H22F3N3O3. The number of aromatic nitrogens is 1. The summed E-state index contributed by atoms with van der Waals surface area (Å²) >= 11 is 0. The molecule has 2 aromatic rings. The summed E-state index contributed by atoms with van der Waals surface area (Å²) in [7, 11) is 0. The van der Waals surface area contributed by atoms with E-state index in [0.29, 0.717) is 28.7 Å². The van der Waals surface area contributed by atoms with Crippen LogP contribution in [0.1, 0.15) is 38.5 Å². The first-order valence-electron chi connectivity index (χ1n) is 10.7. The van der Waals surface area contributed by atoms with E-state index in [1.54, 1.807) is 12.1 Å². The average molecular weight is 445 g/mol. The lowest BCUT2D eigenvalue weighted by atomic mass is 9.99. The Labute approximate surface area is 182 Å². The van der Waals surface area contributed by atoms with Crippen LogP contribution < -0.4 is 15.4 Å². The van der Waals surface area contributed by atoms with Crippen LogP contribution in [-0.2, 0) is 9.59 Å². The second-order valence-corrected chi connectivity index (χ2v) is 8.85. The normalized spacial score (nSPS) is 19.2. The van der Waals surface area contributed by atoms with Gasteiger partial charge in [-0.15, -0.1) is 13.2 Å². The molecule has 3 fully saturated rings. The molecule has 2 N–H and O–H groups in total. The third-order valence-corrected chi connectivity index (χ3v) is 6.29. The highest BCUT2D eigenvalue weighted by molar-refractivity contribution is 5.98. The smallest absolute Gasteiger partial charge is 0.406 e. The van der Waals surface area contributed by atoms with Crippen molar-refractivity contribution in [1.29, 1.82) is 0 Å². The van der Waals surface area contributed by atoms with Crippen LogP contribution in [0.2, 0.25) is 0 Å². The summed E-state index contributed by atoms with van der Waals surface area (Å²) in [5.74, 6) is 0.493. The van der Waals surface area contributed by atoms with Crippen molar-refractivity contribution in [2.45, 2.75) is 44.9 Å². The SMILES string of the molecule is O=C(Nc1cc(-c2ccc(OC(F)(F)F)cc2)cc(NC(=O)C2(C3CC3)CC2)n1)C1CC1. The predicted molar refractivity (Wildman–Crippen MR) is 111 cm³/mol. The van der Waals surface area contributed by atoms with Crippen LogP contribution in [-0.4, -0.2) is 23.2 Å². The Morgan fingerprint density at radius 2 is 1.56 bits per heavy atom. The number of hydrogen-bond acceptors (Lipinski definition) is 4. The van der Waals surface area contributed by atoms with Crippen molar-refractivity contribution in [3.63, 3.8) is 0 Å². The van der Waals surface area contributed by atoms with Gasteiger partial charge in [-0.25, -0.2) is 4.98 Å². The number of ether oxygens (including phenoxy) is 1. The van der Waals surface area contributed by atoms with Gasteiger partial charge in [0.15, 0.2) is 0 Å². The second-order valence-electron chi connectivity index (χ2n) is 8.85. The maximum atomic E-state index is 12.9. The van der Waals surface area contributed by atoms with Gasteiger partial charge in [-0.05, 0) is 79.8 Å². The Kier molecular flexibility index (Phi) is 4.87. The molecule has 0 aliphatic heterocycles. The Hall–Kier alpha value is -3.10. The van der Waals surface area contributed by atoms with E-state index in [0.717, 1.165) is 38.5 Å². The standard InChI is InChI=1S/C23H22F3N3O3/c24-23(25,26)32-17-7-3-13(4-8-17)15-11-18(28-20(30)14-1-2-14)27-19(12-15)29-21(31)22(9-10-22)16-5-6-16/h3-4,7-8,11-12,14,16H,1-2,5-6,9-10H2,(H2,27,28,29,30,31). The van der Waals surface area contributed by atoms with Crippen LogP contribution in [0.15, 0.2) is 36.4 Å². The molecule has 3 aliphatic carbocycles. The van der Waals surface area contributed by atoms with Crippen LogP contribution in [0.25, 0.3) is 11.1 Å². The number of alkyl halides is 3. The molecule has 32 heavy (non-hydrogen) atoms. The minimum Gasteiger partial charge on any atom is -0.406 e. The van der Waals surface area contributed by atoms with E-state index < -0.39 is 6.36 Å². The Morgan fingerprint density at radius 3 is 2.09 bits per heavy atom. The van der Waals surface area contributed by atoms with Crippen LogP contribution in [0, 0.1) is 17.3 Å². The predicted octanol–water partition coefficient (Wildman–Crippen LogP) is 5.12. The van der Waals surface area contributed by atoms with E-state index in [4.69, 9.17) is 0 Å². The number of carbonyl (C=O) groups excluding carboxylic acids is 2. The maximum absolute atomic E-state index is 12.9. The van der Waals surface area contributed by atoms with Gasteiger partial charge < -0.3 is 15.4 Å². The van der Waals surface area contributed by atoms with E-state index in [1.807, 2.05) is 0 Å². The van der Waals surface area contributed by atoms with Gasteiger partial charge in [0.05, 0.1) is 5.41 Å². The number of nitrogens with zero attached hydrogens (tertiary/aromatic N) is 1. The highest BCUT2D eigenvalue weighted by Gasteiger charge is 2.59. The lowest BCUT2D eigenvalue weighted by molar-refractivity contribution is -0.274. The molecule has 0 spiro atoms. The highest BCUT2D eigenvalue weighted by atomic mass is 19.4. The summed E-state index contributed by atoms with van der Waals surface area (Å²) < 4.78 is 41.2. The van der Waals surface area contributed by atoms with Crippen molar-refractivity contribution >= 4 is 23.5 Å². The summed E-state index contributed by atoms with van der Waals surface area (Å²) in [6.07, 6.45) is 0.770. The number of benzene rings is 1. The molecule has 1 heterocycles. The fourth-order valence-corrected chi connectivity index (χ4v) is 4.08. The Morgan fingerprint density at radius 1 is 0.938 bits per heavy atom. The fraction of sp³-hybridized carbons (Fsp3) is 0.435. The molecule has 1 aromatic carbocycles. The molecule has 0 unspecified atom stereocenters. The van der Waals surface area contributed by atoms with Crippen LogP contribution >= 0.6 is 0 Å². The fourth-order valence-electron chi connectivity index (χ4n) is 4.08. The zero-order valence-corrected chi connectivity index (χ0v) is 17.2. The molecule has 3 saturated carbocycles. The summed E-state index contributed by atoms with van der Waals surface area (Å²) in [4.78, 5) is 29.5. The number of carbonyl (C=O) groups is 2. The molecule has 0 atom stereocenters. The lowest BCUT2D eigenvalue weighted by Gasteiger charge is -2.16. The maximum Gasteiger partial charge on any atom is 0.573 e. The van der Waals surface area contributed by atoms with Crippen molar-refractivity contribution in [3.05, 3.63) is 36.4 Å². The third-order valence-electron chi connectivity index (χ3n) is 6.29. The molecule has 6 nitrogen and oxygen atoms in total. The topological polar surface area (TPSA) is 80.3 Å². The average Bonchev–Trinajstić information content (AvgIpc) is 3.58. The summed E-state index contributed by atoms with van der Waals surface area (Å²) in [5.41, 5.74) is 0.907. The number of halogens is 3. The second kappa shape index (κ2) is 7.50. The van der Waals surface area contributed by atoms with Crippen LogP contribution in [0.4, 0.5) is 24.8 Å². The van der Waals surface area contributed by atoms with Crippen LogP contribution in [0.3, 0.4) is 0 Å². The Bertz CT molecular complexity index is 1060. The summed E-state index contributed by atoms with van der Waals surface area (Å²) in [6, 6.07) is 8.71. The van der Waals surface area contributed by atoms with E-state index in [9.17, 15) is 22.8 Å². The molecular weight excluding hydrogens is 423 g/mol.